The molecule has 2 rings (SSSR count). The fourth-order valence-corrected chi connectivity index (χ4v) is 3.50. The van der Waals surface area contributed by atoms with Crippen LogP contribution >= 0.6 is 47.1 Å². The average molecular weight is 398 g/mol. The quantitative estimate of drug-likeness (QED) is 0.472. The Bertz CT molecular complexity index is 413. The minimum absolute atomic E-state index is 0. The number of guanidine groups is 1. The summed E-state index contributed by atoms with van der Waals surface area (Å²) in [6, 6.07) is 0. The number of hydrogen-bond donors (Lipinski definition) is 1. The molecular formula is C11H19IN4S2. The molecule has 1 aliphatic heterocycles. The van der Waals surface area contributed by atoms with Gasteiger partial charge in [0.2, 0.25) is 0 Å². The molecule has 7 heteroatoms. The van der Waals surface area contributed by atoms with Gasteiger partial charge in [0.05, 0.1) is 17.2 Å². The molecule has 1 fully saturated rings. The van der Waals surface area contributed by atoms with Gasteiger partial charge < -0.3 is 10.6 Å². The van der Waals surface area contributed by atoms with E-state index >= 15 is 0 Å². The van der Waals surface area contributed by atoms with Gasteiger partial charge in [0.25, 0.3) is 0 Å². The van der Waals surface area contributed by atoms with Gasteiger partial charge in [-0.1, -0.05) is 0 Å². The Hall–Kier alpha value is -0.0200. The molecule has 0 aromatic carbocycles. The van der Waals surface area contributed by atoms with E-state index in [1.165, 1.54) is 4.88 Å². The monoisotopic (exact) mass is 398 g/mol. The van der Waals surface area contributed by atoms with E-state index in [0.29, 0.717) is 12.5 Å². The van der Waals surface area contributed by atoms with Crippen molar-refractivity contribution in [2.24, 2.45) is 10.7 Å². The van der Waals surface area contributed by atoms with Crippen molar-refractivity contribution in [1.82, 2.24) is 9.88 Å². The van der Waals surface area contributed by atoms with Crippen LogP contribution in [0.2, 0.25) is 0 Å². The fourth-order valence-electron chi connectivity index (χ4n) is 1.77. The zero-order chi connectivity index (χ0) is 12.3. The van der Waals surface area contributed by atoms with Crippen LogP contribution in [-0.4, -0.2) is 40.4 Å². The van der Waals surface area contributed by atoms with E-state index in [1.54, 1.807) is 11.3 Å². The molecule has 2 heterocycles. The van der Waals surface area contributed by atoms with Gasteiger partial charge in [0.15, 0.2) is 5.96 Å². The summed E-state index contributed by atoms with van der Waals surface area (Å²) in [7, 11) is 0. The van der Waals surface area contributed by atoms with Crippen molar-refractivity contribution in [1.29, 1.82) is 0 Å². The lowest BCUT2D eigenvalue weighted by molar-refractivity contribution is 0.455. The van der Waals surface area contributed by atoms with Gasteiger partial charge in [-0.25, -0.2) is 9.98 Å². The molecule has 4 nitrogen and oxygen atoms in total. The number of nitrogens with zero attached hydrogens (tertiary/aromatic N) is 3. The predicted molar refractivity (Wildman–Crippen MR) is 91.2 cm³/mol. The SMILES string of the molecule is Cc1nc(CN=C(N)N2CCSCC2)c(C)s1.I. The van der Waals surface area contributed by atoms with E-state index in [9.17, 15) is 0 Å². The van der Waals surface area contributed by atoms with Gasteiger partial charge in [-0.3, -0.25) is 0 Å². The maximum Gasteiger partial charge on any atom is 0.191 e. The molecule has 0 aliphatic carbocycles. The van der Waals surface area contributed by atoms with Crippen molar-refractivity contribution >= 4 is 53.0 Å². The number of rotatable bonds is 2. The summed E-state index contributed by atoms with van der Waals surface area (Å²) in [5, 5.41) is 1.10. The third kappa shape index (κ3) is 4.27. The number of thiazole rings is 1. The molecular weight excluding hydrogens is 379 g/mol. The highest BCUT2D eigenvalue weighted by Gasteiger charge is 2.12. The van der Waals surface area contributed by atoms with Gasteiger partial charge in [0.1, 0.15) is 0 Å². The Morgan fingerprint density at radius 1 is 1.39 bits per heavy atom. The van der Waals surface area contributed by atoms with Crippen molar-refractivity contribution in [3.8, 4) is 0 Å². The van der Waals surface area contributed by atoms with Crippen LogP contribution < -0.4 is 5.73 Å². The molecule has 0 amide bonds. The molecule has 0 unspecified atom stereocenters. The van der Waals surface area contributed by atoms with Crippen molar-refractivity contribution in [2.75, 3.05) is 24.6 Å². The van der Waals surface area contributed by atoms with E-state index in [0.717, 1.165) is 35.3 Å². The maximum atomic E-state index is 6.00. The molecule has 2 N–H and O–H groups in total. The predicted octanol–water partition coefficient (Wildman–Crippen LogP) is 2.24. The molecule has 0 atom stereocenters. The van der Waals surface area contributed by atoms with E-state index in [2.05, 4.69) is 21.8 Å². The normalized spacial score (nSPS) is 16.6. The maximum absolute atomic E-state index is 6.00. The zero-order valence-corrected chi connectivity index (χ0v) is 14.6. The second kappa shape index (κ2) is 7.54. The fraction of sp³-hybridized carbons (Fsp3) is 0.636. The van der Waals surface area contributed by atoms with Gasteiger partial charge in [-0.15, -0.1) is 35.3 Å². The molecule has 0 bridgehead atoms. The summed E-state index contributed by atoms with van der Waals surface area (Å²) in [5.74, 6) is 2.95. The highest BCUT2D eigenvalue weighted by atomic mass is 127. The van der Waals surface area contributed by atoms with E-state index < -0.39 is 0 Å². The smallest absolute Gasteiger partial charge is 0.191 e. The molecule has 1 aromatic rings. The van der Waals surface area contributed by atoms with Crippen LogP contribution in [0.1, 0.15) is 15.6 Å². The van der Waals surface area contributed by atoms with Crippen LogP contribution in [0.25, 0.3) is 0 Å². The Morgan fingerprint density at radius 2 is 2.06 bits per heavy atom. The summed E-state index contributed by atoms with van der Waals surface area (Å²) in [5.41, 5.74) is 7.05. The summed E-state index contributed by atoms with van der Waals surface area (Å²) >= 11 is 3.69. The van der Waals surface area contributed by atoms with Crippen molar-refractivity contribution in [3.63, 3.8) is 0 Å². The first-order valence-electron chi connectivity index (χ1n) is 5.72. The van der Waals surface area contributed by atoms with Crippen LogP contribution in [0.5, 0.6) is 0 Å². The van der Waals surface area contributed by atoms with Gasteiger partial charge in [0, 0.05) is 29.5 Å². The minimum Gasteiger partial charge on any atom is -0.370 e. The Labute approximate surface area is 133 Å². The molecule has 0 radical (unpaired) electrons. The molecule has 1 aromatic heterocycles. The lowest BCUT2D eigenvalue weighted by atomic mass is 10.4. The summed E-state index contributed by atoms with van der Waals surface area (Å²) in [6.07, 6.45) is 0. The van der Waals surface area contributed by atoms with E-state index in [4.69, 9.17) is 5.73 Å². The highest BCUT2D eigenvalue weighted by molar-refractivity contribution is 14.0. The Balaban J connectivity index is 0.00000162. The first kappa shape index (κ1) is 16.0. The number of aryl methyl sites for hydroxylation is 2. The van der Waals surface area contributed by atoms with Crippen LogP contribution in [0, 0.1) is 13.8 Å². The third-order valence-corrected chi connectivity index (χ3v) is 4.60. The lowest BCUT2D eigenvalue weighted by Crippen LogP contribution is -2.42. The second-order valence-electron chi connectivity index (χ2n) is 4.01. The standard InChI is InChI=1S/C11H18N4S2.HI/c1-8-10(14-9(2)17-8)7-13-11(12)15-3-5-16-6-4-15;/h3-7H2,1-2H3,(H2,12,13);1H. The third-order valence-electron chi connectivity index (χ3n) is 2.73. The van der Waals surface area contributed by atoms with E-state index in [1.807, 2.05) is 18.7 Å². The molecule has 1 saturated heterocycles. The number of nitrogens with two attached hydrogens (primary N) is 1. The highest BCUT2D eigenvalue weighted by Crippen LogP contribution is 2.17. The summed E-state index contributed by atoms with van der Waals surface area (Å²) < 4.78 is 0. The number of aromatic nitrogens is 1. The van der Waals surface area contributed by atoms with Gasteiger partial charge in [-0.05, 0) is 13.8 Å². The lowest BCUT2D eigenvalue weighted by Gasteiger charge is -2.27. The van der Waals surface area contributed by atoms with Crippen LogP contribution in [-0.2, 0) is 6.54 Å². The Kier molecular flexibility index (Phi) is 6.72. The zero-order valence-electron chi connectivity index (χ0n) is 10.7. The first-order valence-corrected chi connectivity index (χ1v) is 7.69. The van der Waals surface area contributed by atoms with E-state index in [-0.39, 0.29) is 24.0 Å². The van der Waals surface area contributed by atoms with Crippen LogP contribution in [0.4, 0.5) is 0 Å². The largest absolute Gasteiger partial charge is 0.370 e. The molecule has 0 saturated carbocycles. The average Bonchev–Trinajstić information content (AvgIpc) is 2.66. The molecule has 0 spiro atoms. The summed E-state index contributed by atoms with van der Waals surface area (Å²) in [4.78, 5) is 12.3. The van der Waals surface area contributed by atoms with Crippen molar-refractivity contribution in [3.05, 3.63) is 15.6 Å². The number of thioether (sulfide) groups is 1. The van der Waals surface area contributed by atoms with Gasteiger partial charge >= 0.3 is 0 Å². The van der Waals surface area contributed by atoms with Crippen molar-refractivity contribution in [2.45, 2.75) is 20.4 Å². The van der Waals surface area contributed by atoms with Crippen LogP contribution in [0.15, 0.2) is 4.99 Å². The van der Waals surface area contributed by atoms with Crippen LogP contribution in [0.3, 0.4) is 0 Å². The second-order valence-corrected chi connectivity index (χ2v) is 6.64. The molecule has 102 valence electrons. The molecule has 18 heavy (non-hydrogen) atoms. The topological polar surface area (TPSA) is 54.5 Å². The van der Waals surface area contributed by atoms with Crippen molar-refractivity contribution < 1.29 is 0 Å². The Morgan fingerprint density at radius 3 is 2.61 bits per heavy atom. The minimum atomic E-state index is 0. The van der Waals surface area contributed by atoms with Gasteiger partial charge in [-0.2, -0.15) is 11.8 Å². The number of aliphatic imine (C=N–C) groups is 1. The molecule has 1 aliphatic rings. The first-order chi connectivity index (χ1) is 8.16. The summed E-state index contributed by atoms with van der Waals surface area (Å²) in [6.45, 7) is 6.73. The number of halogens is 1. The number of hydrogen-bond acceptors (Lipinski definition) is 4.